The predicted octanol–water partition coefficient (Wildman–Crippen LogP) is 2.83. The molecule has 0 saturated carbocycles. The van der Waals surface area contributed by atoms with Gasteiger partial charge in [0.25, 0.3) is 0 Å². The molecule has 0 spiro atoms. The summed E-state index contributed by atoms with van der Waals surface area (Å²) in [6.45, 7) is 1.62. The van der Waals surface area contributed by atoms with Gasteiger partial charge >= 0.3 is 0 Å². The van der Waals surface area contributed by atoms with E-state index < -0.39 is 0 Å². The van der Waals surface area contributed by atoms with Crippen molar-refractivity contribution in [2.45, 2.75) is 6.92 Å². The first-order chi connectivity index (χ1) is 7.59. The Morgan fingerprint density at radius 3 is 2.62 bits per heavy atom. The molecule has 2 rings (SSSR count). The second-order valence-electron chi connectivity index (χ2n) is 3.36. The van der Waals surface area contributed by atoms with Crippen molar-refractivity contribution in [1.82, 2.24) is 9.97 Å². The zero-order chi connectivity index (χ0) is 11.7. The van der Waals surface area contributed by atoms with Gasteiger partial charge in [-0.3, -0.25) is 4.98 Å². The van der Waals surface area contributed by atoms with Crippen molar-refractivity contribution >= 4 is 17.4 Å². The van der Waals surface area contributed by atoms with Crippen LogP contribution >= 0.6 is 11.6 Å². The Morgan fingerprint density at radius 1 is 1.25 bits per heavy atom. The van der Waals surface area contributed by atoms with Crippen LogP contribution in [0.2, 0.25) is 5.02 Å². The minimum absolute atomic E-state index is 0.301. The average Bonchev–Trinajstić information content (AvgIpc) is 2.28. The van der Waals surface area contributed by atoms with Gasteiger partial charge in [-0.15, -0.1) is 0 Å². The van der Waals surface area contributed by atoms with Gasteiger partial charge < -0.3 is 5.73 Å². The highest BCUT2D eigenvalue weighted by Crippen LogP contribution is 2.27. The smallest absolute Gasteiger partial charge is 0.141 e. The van der Waals surface area contributed by atoms with Crippen molar-refractivity contribution < 1.29 is 4.39 Å². The summed E-state index contributed by atoms with van der Waals surface area (Å²) >= 11 is 5.80. The first kappa shape index (κ1) is 10.8. The summed E-state index contributed by atoms with van der Waals surface area (Å²) in [4.78, 5) is 7.87. The van der Waals surface area contributed by atoms with E-state index in [2.05, 4.69) is 9.97 Å². The highest BCUT2D eigenvalue weighted by atomic mass is 35.5. The van der Waals surface area contributed by atoms with E-state index in [-0.39, 0.29) is 5.82 Å². The fourth-order valence-electron chi connectivity index (χ4n) is 1.34. The van der Waals surface area contributed by atoms with Crippen LogP contribution in [0.1, 0.15) is 5.56 Å². The maximum Gasteiger partial charge on any atom is 0.141 e. The minimum Gasteiger partial charge on any atom is -0.382 e. The molecule has 0 saturated heterocycles. The molecule has 82 valence electrons. The van der Waals surface area contributed by atoms with E-state index in [4.69, 9.17) is 17.3 Å². The Morgan fingerprint density at radius 2 is 2.00 bits per heavy atom. The second kappa shape index (κ2) is 4.06. The summed E-state index contributed by atoms with van der Waals surface area (Å²) < 4.78 is 13.9. The molecule has 5 heteroatoms. The maximum absolute atomic E-state index is 13.9. The van der Waals surface area contributed by atoms with Crippen molar-refractivity contribution in [2.75, 3.05) is 5.73 Å². The molecule has 0 unspecified atom stereocenters. The van der Waals surface area contributed by atoms with Crippen molar-refractivity contribution in [2.24, 2.45) is 0 Å². The Labute approximate surface area is 97.1 Å². The van der Waals surface area contributed by atoms with Crippen LogP contribution in [0.4, 0.5) is 10.2 Å². The number of nitrogen functional groups attached to an aromatic ring is 1. The van der Waals surface area contributed by atoms with E-state index in [1.165, 1.54) is 12.4 Å². The summed E-state index contributed by atoms with van der Waals surface area (Å²) in [6.07, 6.45) is 2.82. The highest BCUT2D eigenvalue weighted by molar-refractivity contribution is 6.31. The first-order valence-electron chi connectivity index (χ1n) is 4.62. The van der Waals surface area contributed by atoms with Crippen LogP contribution in [0, 0.1) is 12.7 Å². The lowest BCUT2D eigenvalue weighted by Gasteiger charge is -2.06. The van der Waals surface area contributed by atoms with E-state index >= 15 is 0 Å². The maximum atomic E-state index is 13.9. The Hall–Kier alpha value is -1.68. The highest BCUT2D eigenvalue weighted by Gasteiger charge is 2.11. The number of nitrogens with zero attached hydrogens (tertiary/aromatic N) is 2. The Balaban J connectivity index is 2.57. The zero-order valence-electron chi connectivity index (χ0n) is 8.54. The SMILES string of the molecule is Cc1c(Cl)ccc(-c2cnc(N)cn2)c1F. The van der Waals surface area contributed by atoms with E-state index in [1.54, 1.807) is 19.1 Å². The molecule has 0 atom stereocenters. The van der Waals surface area contributed by atoms with Crippen LogP contribution in [-0.4, -0.2) is 9.97 Å². The third kappa shape index (κ3) is 1.84. The van der Waals surface area contributed by atoms with E-state index in [1.807, 2.05) is 0 Å². The lowest BCUT2D eigenvalue weighted by atomic mass is 10.1. The number of halogens is 2. The van der Waals surface area contributed by atoms with Gasteiger partial charge in [0.2, 0.25) is 0 Å². The van der Waals surface area contributed by atoms with E-state index in [9.17, 15) is 4.39 Å². The summed E-state index contributed by atoms with van der Waals surface area (Å²) in [7, 11) is 0. The van der Waals surface area contributed by atoms with Gasteiger partial charge in [-0.2, -0.15) is 0 Å². The van der Waals surface area contributed by atoms with Gasteiger partial charge in [-0.05, 0) is 19.1 Å². The standard InChI is InChI=1S/C11H9ClFN3/c1-6-8(12)3-2-7(11(6)13)9-4-16-10(14)5-15-9/h2-5H,1H3,(H2,14,16). The third-order valence-electron chi connectivity index (χ3n) is 2.27. The van der Waals surface area contributed by atoms with Crippen LogP contribution < -0.4 is 5.73 Å². The molecule has 1 aromatic heterocycles. The zero-order valence-corrected chi connectivity index (χ0v) is 9.29. The van der Waals surface area contributed by atoms with Gasteiger partial charge in [-0.1, -0.05) is 11.6 Å². The molecule has 16 heavy (non-hydrogen) atoms. The van der Waals surface area contributed by atoms with Gasteiger partial charge in [0.05, 0.1) is 18.1 Å². The molecule has 3 nitrogen and oxygen atoms in total. The van der Waals surface area contributed by atoms with Gasteiger partial charge in [0.15, 0.2) is 0 Å². The lowest BCUT2D eigenvalue weighted by Crippen LogP contribution is -1.95. The number of hydrogen-bond donors (Lipinski definition) is 1. The van der Waals surface area contributed by atoms with Crippen LogP contribution in [0.3, 0.4) is 0 Å². The molecule has 0 aliphatic heterocycles. The molecular weight excluding hydrogens is 229 g/mol. The van der Waals surface area contributed by atoms with Crippen LogP contribution in [0.5, 0.6) is 0 Å². The average molecular weight is 238 g/mol. The van der Waals surface area contributed by atoms with Crippen molar-refractivity contribution in [3.8, 4) is 11.3 Å². The number of nitrogens with two attached hydrogens (primary N) is 1. The summed E-state index contributed by atoms with van der Waals surface area (Å²) in [5, 5.41) is 0.393. The molecule has 0 fully saturated rings. The molecule has 0 aliphatic rings. The van der Waals surface area contributed by atoms with Gasteiger partial charge in [0.1, 0.15) is 11.6 Å². The van der Waals surface area contributed by atoms with Gasteiger partial charge in [0, 0.05) is 16.1 Å². The lowest BCUT2D eigenvalue weighted by molar-refractivity contribution is 0.621. The molecule has 2 N–H and O–H groups in total. The quantitative estimate of drug-likeness (QED) is 0.830. The molecule has 0 bridgehead atoms. The summed E-state index contributed by atoms with van der Waals surface area (Å²) in [6, 6.07) is 3.21. The van der Waals surface area contributed by atoms with Crippen LogP contribution in [0.15, 0.2) is 24.5 Å². The number of rotatable bonds is 1. The largest absolute Gasteiger partial charge is 0.382 e. The monoisotopic (exact) mass is 237 g/mol. The molecule has 1 heterocycles. The summed E-state index contributed by atoms with van der Waals surface area (Å²) in [5.74, 6) is -0.0820. The van der Waals surface area contributed by atoms with Gasteiger partial charge in [-0.25, -0.2) is 9.37 Å². The normalized spacial score (nSPS) is 10.4. The molecule has 1 aromatic carbocycles. The minimum atomic E-state index is -0.383. The summed E-state index contributed by atoms with van der Waals surface area (Å²) in [5.41, 5.74) is 6.62. The van der Waals surface area contributed by atoms with Crippen LogP contribution in [-0.2, 0) is 0 Å². The fourth-order valence-corrected chi connectivity index (χ4v) is 1.48. The second-order valence-corrected chi connectivity index (χ2v) is 3.77. The topological polar surface area (TPSA) is 51.8 Å². The number of anilines is 1. The van der Waals surface area contributed by atoms with E-state index in [0.29, 0.717) is 27.7 Å². The fraction of sp³-hybridized carbons (Fsp3) is 0.0909. The molecule has 0 aliphatic carbocycles. The molecular formula is C11H9ClFN3. The molecule has 0 amide bonds. The van der Waals surface area contributed by atoms with Crippen molar-refractivity contribution in [3.05, 3.63) is 40.9 Å². The molecule has 0 radical (unpaired) electrons. The van der Waals surface area contributed by atoms with Crippen molar-refractivity contribution in [3.63, 3.8) is 0 Å². The Kier molecular flexibility index (Phi) is 2.75. The van der Waals surface area contributed by atoms with Crippen LogP contribution in [0.25, 0.3) is 11.3 Å². The number of benzene rings is 1. The predicted molar refractivity (Wildman–Crippen MR) is 61.6 cm³/mol. The number of aromatic nitrogens is 2. The number of hydrogen-bond acceptors (Lipinski definition) is 3. The molecule has 2 aromatic rings. The van der Waals surface area contributed by atoms with E-state index in [0.717, 1.165) is 0 Å². The third-order valence-corrected chi connectivity index (χ3v) is 2.68. The first-order valence-corrected chi connectivity index (χ1v) is 5.00. The Bertz CT molecular complexity index is 525. The van der Waals surface area contributed by atoms with Crippen molar-refractivity contribution in [1.29, 1.82) is 0 Å².